The van der Waals surface area contributed by atoms with Gasteiger partial charge in [0.25, 0.3) is 5.91 Å². The van der Waals surface area contributed by atoms with Crippen LogP contribution in [0.4, 0.5) is 5.69 Å². The number of benzene rings is 2. The first kappa shape index (κ1) is 25.1. The average molecular weight is 540 g/mol. The first-order valence-corrected chi connectivity index (χ1v) is 12.8. The zero-order chi connectivity index (χ0) is 24.6. The van der Waals surface area contributed by atoms with Crippen molar-refractivity contribution in [1.29, 1.82) is 0 Å². The number of carbonyl (C=O) groups excluding carboxylic acids is 2. The second-order valence-corrected chi connectivity index (χ2v) is 9.65. The number of rotatable bonds is 9. The monoisotopic (exact) mass is 539 g/mol. The van der Waals surface area contributed by atoms with Crippen molar-refractivity contribution in [3.8, 4) is 11.4 Å². The highest BCUT2D eigenvalue weighted by Crippen LogP contribution is 2.23. The number of unbranched alkanes of at least 4 members (excludes halogenated alkanes) is 1. The van der Waals surface area contributed by atoms with E-state index in [0.717, 1.165) is 42.3 Å². The minimum Gasteiger partial charge on any atom is -0.352 e. The zero-order valence-electron chi connectivity index (χ0n) is 19.8. The maximum Gasteiger partial charge on any atom is 0.253 e. The topological polar surface area (TPSA) is 100 Å². The normalized spacial score (nSPS) is 16.1. The predicted octanol–water partition coefficient (Wildman–Crippen LogP) is 4.88. The summed E-state index contributed by atoms with van der Waals surface area (Å²) in [4.78, 5) is 32.4. The Labute approximate surface area is 213 Å². The summed E-state index contributed by atoms with van der Waals surface area (Å²) in [6.07, 6.45) is 3.61. The Hall–Kier alpha value is -3.04. The van der Waals surface area contributed by atoms with Crippen molar-refractivity contribution >= 4 is 33.4 Å². The fraction of sp³-hybridized carbons (Fsp3) is 0.385. The number of piperidine rings is 1. The Balaban J connectivity index is 1.35. The van der Waals surface area contributed by atoms with E-state index in [-0.39, 0.29) is 17.7 Å². The van der Waals surface area contributed by atoms with E-state index in [1.165, 1.54) is 0 Å². The third-order valence-electron chi connectivity index (χ3n) is 6.05. The molecule has 0 bridgehead atoms. The standard InChI is InChI=1S/C26H30BrN5O3/c1-2-3-14-28-26(34)21-8-4-5-9-22(21)29-25(33)19-7-6-15-32(16-19)17-23-30-24(31-35-23)18-10-12-20(27)13-11-18/h4-5,8-13,19H,2-3,6-7,14-17H2,1H3,(H,28,34)(H,29,33). The van der Waals surface area contributed by atoms with Crippen LogP contribution in [0.5, 0.6) is 0 Å². The number of halogens is 1. The quantitative estimate of drug-likeness (QED) is 0.376. The van der Waals surface area contributed by atoms with Gasteiger partial charge in [0.2, 0.25) is 17.6 Å². The van der Waals surface area contributed by atoms with Crippen molar-refractivity contribution in [3.63, 3.8) is 0 Å². The van der Waals surface area contributed by atoms with E-state index in [1.807, 2.05) is 30.3 Å². The molecule has 1 aromatic heterocycles. The molecule has 0 spiro atoms. The lowest BCUT2D eigenvalue weighted by atomic mass is 9.96. The molecule has 0 saturated carbocycles. The molecular formula is C26H30BrN5O3. The minimum atomic E-state index is -0.186. The van der Waals surface area contributed by atoms with Gasteiger partial charge < -0.3 is 15.2 Å². The minimum absolute atomic E-state index is 0.0791. The van der Waals surface area contributed by atoms with Crippen LogP contribution in [0.25, 0.3) is 11.4 Å². The van der Waals surface area contributed by atoms with Crippen LogP contribution >= 0.6 is 15.9 Å². The number of hydrogen-bond acceptors (Lipinski definition) is 6. The Bertz CT molecular complexity index is 1150. The maximum absolute atomic E-state index is 13.1. The summed E-state index contributed by atoms with van der Waals surface area (Å²) < 4.78 is 6.45. The SMILES string of the molecule is CCCCNC(=O)c1ccccc1NC(=O)C1CCCN(Cc2nc(-c3ccc(Br)cc3)no2)C1. The summed E-state index contributed by atoms with van der Waals surface area (Å²) in [5.41, 5.74) is 1.91. The van der Waals surface area contributed by atoms with Gasteiger partial charge in [-0.2, -0.15) is 4.98 Å². The van der Waals surface area contributed by atoms with Gasteiger partial charge in [0.1, 0.15) is 0 Å². The van der Waals surface area contributed by atoms with Gasteiger partial charge in [0.15, 0.2) is 0 Å². The summed E-state index contributed by atoms with van der Waals surface area (Å²) in [7, 11) is 0. The first-order chi connectivity index (χ1) is 17.0. The van der Waals surface area contributed by atoms with Crippen LogP contribution in [0.15, 0.2) is 57.5 Å². The second-order valence-electron chi connectivity index (χ2n) is 8.74. The molecule has 0 radical (unpaired) electrons. The predicted molar refractivity (Wildman–Crippen MR) is 138 cm³/mol. The molecule has 1 aliphatic rings. The first-order valence-electron chi connectivity index (χ1n) is 12.0. The number of anilines is 1. The lowest BCUT2D eigenvalue weighted by Crippen LogP contribution is -2.40. The lowest BCUT2D eigenvalue weighted by molar-refractivity contribution is -0.121. The Morgan fingerprint density at radius 3 is 2.77 bits per heavy atom. The molecule has 184 valence electrons. The van der Waals surface area contributed by atoms with Gasteiger partial charge in [0.05, 0.1) is 23.7 Å². The van der Waals surface area contributed by atoms with Crippen molar-refractivity contribution in [2.24, 2.45) is 5.92 Å². The summed E-state index contributed by atoms with van der Waals surface area (Å²) in [5.74, 6) is 0.640. The fourth-order valence-corrected chi connectivity index (χ4v) is 4.40. The highest BCUT2D eigenvalue weighted by molar-refractivity contribution is 9.10. The maximum atomic E-state index is 13.1. The van der Waals surface area contributed by atoms with Crippen molar-refractivity contribution < 1.29 is 14.1 Å². The number of amides is 2. The molecular weight excluding hydrogens is 510 g/mol. The summed E-state index contributed by atoms with van der Waals surface area (Å²) in [5, 5.41) is 10.0. The van der Waals surface area contributed by atoms with Crippen molar-refractivity contribution in [1.82, 2.24) is 20.4 Å². The third kappa shape index (κ3) is 6.76. The fourth-order valence-electron chi connectivity index (χ4n) is 4.14. The zero-order valence-corrected chi connectivity index (χ0v) is 21.4. The Morgan fingerprint density at radius 1 is 1.17 bits per heavy atom. The van der Waals surface area contributed by atoms with Gasteiger partial charge in [-0.1, -0.05) is 46.6 Å². The van der Waals surface area contributed by atoms with E-state index in [2.05, 4.69) is 48.5 Å². The largest absolute Gasteiger partial charge is 0.352 e. The van der Waals surface area contributed by atoms with E-state index >= 15 is 0 Å². The Kier molecular flexibility index (Phi) is 8.65. The molecule has 3 aromatic rings. The van der Waals surface area contributed by atoms with E-state index in [9.17, 15) is 9.59 Å². The van der Waals surface area contributed by atoms with Crippen LogP contribution < -0.4 is 10.6 Å². The van der Waals surface area contributed by atoms with Crippen LogP contribution in [0, 0.1) is 5.92 Å². The second kappa shape index (κ2) is 12.1. The van der Waals surface area contributed by atoms with E-state index in [0.29, 0.717) is 42.6 Å². The lowest BCUT2D eigenvalue weighted by Gasteiger charge is -2.31. The molecule has 2 heterocycles. The van der Waals surface area contributed by atoms with E-state index < -0.39 is 0 Å². The summed E-state index contributed by atoms with van der Waals surface area (Å²) in [6.45, 7) is 4.63. The number of nitrogens with one attached hydrogen (secondary N) is 2. The number of para-hydroxylation sites is 1. The molecule has 0 aliphatic carbocycles. The van der Waals surface area contributed by atoms with Crippen molar-refractivity contribution in [2.45, 2.75) is 39.2 Å². The molecule has 1 atom stereocenters. The average Bonchev–Trinajstić information content (AvgIpc) is 3.33. The molecule has 1 aliphatic heterocycles. The Morgan fingerprint density at radius 2 is 1.97 bits per heavy atom. The molecule has 1 saturated heterocycles. The number of nitrogens with zero attached hydrogens (tertiary/aromatic N) is 3. The van der Waals surface area contributed by atoms with E-state index in [4.69, 9.17) is 4.52 Å². The van der Waals surface area contributed by atoms with Gasteiger partial charge in [-0.05, 0) is 62.2 Å². The van der Waals surface area contributed by atoms with Crippen LogP contribution in [-0.4, -0.2) is 46.5 Å². The number of hydrogen-bond donors (Lipinski definition) is 2. The van der Waals surface area contributed by atoms with Gasteiger partial charge in [0, 0.05) is 23.1 Å². The molecule has 2 amide bonds. The number of aromatic nitrogens is 2. The molecule has 2 aromatic carbocycles. The smallest absolute Gasteiger partial charge is 0.253 e. The van der Waals surface area contributed by atoms with Crippen LogP contribution in [0.2, 0.25) is 0 Å². The summed E-state index contributed by atoms with van der Waals surface area (Å²) >= 11 is 3.43. The summed E-state index contributed by atoms with van der Waals surface area (Å²) in [6, 6.07) is 14.9. The van der Waals surface area contributed by atoms with Gasteiger partial charge in [-0.3, -0.25) is 14.5 Å². The van der Waals surface area contributed by atoms with Gasteiger partial charge in [-0.15, -0.1) is 0 Å². The van der Waals surface area contributed by atoms with Crippen LogP contribution in [0.3, 0.4) is 0 Å². The van der Waals surface area contributed by atoms with E-state index in [1.54, 1.807) is 18.2 Å². The third-order valence-corrected chi connectivity index (χ3v) is 6.58. The molecule has 35 heavy (non-hydrogen) atoms. The van der Waals surface area contributed by atoms with Crippen molar-refractivity contribution in [3.05, 3.63) is 64.5 Å². The van der Waals surface area contributed by atoms with Crippen LogP contribution in [-0.2, 0) is 11.3 Å². The van der Waals surface area contributed by atoms with Gasteiger partial charge >= 0.3 is 0 Å². The molecule has 1 unspecified atom stereocenters. The highest BCUT2D eigenvalue weighted by Gasteiger charge is 2.28. The van der Waals surface area contributed by atoms with Gasteiger partial charge in [-0.25, -0.2) is 0 Å². The molecule has 9 heteroatoms. The molecule has 4 rings (SSSR count). The number of carbonyl (C=O) groups is 2. The molecule has 2 N–H and O–H groups in total. The molecule has 1 fully saturated rings. The molecule has 8 nitrogen and oxygen atoms in total. The van der Waals surface area contributed by atoms with Crippen LogP contribution in [0.1, 0.15) is 48.9 Å². The number of likely N-dealkylation sites (tertiary alicyclic amines) is 1. The van der Waals surface area contributed by atoms with Crippen molar-refractivity contribution in [2.75, 3.05) is 25.0 Å². The highest BCUT2D eigenvalue weighted by atomic mass is 79.9.